The lowest BCUT2D eigenvalue weighted by atomic mass is 9.97. The summed E-state index contributed by atoms with van der Waals surface area (Å²) in [5, 5.41) is 0. The summed E-state index contributed by atoms with van der Waals surface area (Å²) in [7, 11) is 0. The molecule has 0 spiro atoms. The third kappa shape index (κ3) is 4.68. The first-order chi connectivity index (χ1) is 12.4. The zero-order valence-corrected chi connectivity index (χ0v) is 15.3. The third-order valence-corrected chi connectivity index (χ3v) is 5.70. The smallest absolute Gasteiger partial charge is 0.225 e. The number of nitrogens with zero attached hydrogens (tertiary/aromatic N) is 5. The van der Waals surface area contributed by atoms with Gasteiger partial charge >= 0.3 is 0 Å². The second kappa shape index (κ2) is 8.43. The Labute approximate surface area is 151 Å². The van der Waals surface area contributed by atoms with Gasteiger partial charge in [-0.3, -0.25) is 9.80 Å². The van der Waals surface area contributed by atoms with Gasteiger partial charge in [0.15, 0.2) is 0 Å². The van der Waals surface area contributed by atoms with Gasteiger partial charge in [-0.05, 0) is 44.2 Å². The number of hydrogen-bond acceptors (Lipinski definition) is 6. The van der Waals surface area contributed by atoms with E-state index in [0.29, 0.717) is 0 Å². The van der Waals surface area contributed by atoms with Crippen LogP contribution < -0.4 is 4.90 Å². The lowest BCUT2D eigenvalue weighted by Gasteiger charge is -2.36. The predicted octanol–water partition coefficient (Wildman–Crippen LogP) is 1.62. The molecule has 3 saturated heterocycles. The Morgan fingerprint density at radius 1 is 1.00 bits per heavy atom. The molecule has 1 aromatic rings. The van der Waals surface area contributed by atoms with E-state index in [1.807, 2.05) is 6.20 Å². The van der Waals surface area contributed by atoms with Crippen molar-refractivity contribution >= 4 is 5.95 Å². The normalized spacial score (nSPS) is 26.2. The molecular formula is C19H31N5O. The molecule has 0 aromatic carbocycles. The zero-order valence-electron chi connectivity index (χ0n) is 15.3. The number of anilines is 1. The monoisotopic (exact) mass is 345 g/mol. The summed E-state index contributed by atoms with van der Waals surface area (Å²) in [4.78, 5) is 16.8. The summed E-state index contributed by atoms with van der Waals surface area (Å²) in [6, 6.07) is 2.09. The molecule has 6 nitrogen and oxygen atoms in total. The lowest BCUT2D eigenvalue weighted by Crippen LogP contribution is -2.44. The summed E-state index contributed by atoms with van der Waals surface area (Å²) >= 11 is 0. The molecule has 0 bridgehead atoms. The van der Waals surface area contributed by atoms with Crippen LogP contribution in [0.3, 0.4) is 0 Å². The standard InChI is InChI=1S/C19H31N5O/c1-2-9-24(8-1)19-20-6-5-18(21-19)16-23-7-3-4-17(15-23)14-22-10-12-25-13-11-22/h5-6,17H,1-4,7-16H2. The van der Waals surface area contributed by atoms with E-state index in [1.165, 1.54) is 51.0 Å². The van der Waals surface area contributed by atoms with Crippen LogP contribution in [0.4, 0.5) is 5.95 Å². The topological polar surface area (TPSA) is 44.7 Å². The molecule has 6 heteroatoms. The predicted molar refractivity (Wildman–Crippen MR) is 98.7 cm³/mol. The van der Waals surface area contributed by atoms with Crippen molar-refractivity contribution in [2.45, 2.75) is 32.2 Å². The minimum atomic E-state index is 0.784. The maximum Gasteiger partial charge on any atom is 0.225 e. The highest BCUT2D eigenvalue weighted by Crippen LogP contribution is 2.21. The molecule has 0 radical (unpaired) electrons. The van der Waals surface area contributed by atoms with Crippen molar-refractivity contribution < 1.29 is 4.74 Å². The fourth-order valence-corrected chi connectivity index (χ4v) is 4.36. The quantitative estimate of drug-likeness (QED) is 0.808. The van der Waals surface area contributed by atoms with E-state index in [4.69, 9.17) is 9.72 Å². The van der Waals surface area contributed by atoms with Gasteiger partial charge in [-0.1, -0.05) is 0 Å². The van der Waals surface area contributed by atoms with Crippen LogP contribution in [0.1, 0.15) is 31.4 Å². The Hall–Kier alpha value is -1.24. The second-order valence-electron chi connectivity index (χ2n) is 7.70. The summed E-state index contributed by atoms with van der Waals surface area (Å²) < 4.78 is 5.47. The van der Waals surface area contributed by atoms with Crippen LogP contribution in [0.5, 0.6) is 0 Å². The second-order valence-corrected chi connectivity index (χ2v) is 7.70. The molecule has 0 saturated carbocycles. The SMILES string of the molecule is c1cc(CN2CCCC(CN3CCOCC3)C2)nc(N2CCCC2)n1. The zero-order chi connectivity index (χ0) is 16.9. The van der Waals surface area contributed by atoms with Crippen LogP contribution in [-0.4, -0.2) is 78.8 Å². The fourth-order valence-electron chi connectivity index (χ4n) is 4.36. The highest BCUT2D eigenvalue weighted by atomic mass is 16.5. The first-order valence-electron chi connectivity index (χ1n) is 9.96. The molecule has 25 heavy (non-hydrogen) atoms. The van der Waals surface area contributed by atoms with E-state index in [-0.39, 0.29) is 0 Å². The Bertz CT molecular complexity index is 542. The van der Waals surface area contributed by atoms with Crippen LogP contribution in [-0.2, 0) is 11.3 Å². The van der Waals surface area contributed by atoms with Gasteiger partial charge in [-0.25, -0.2) is 9.97 Å². The summed E-state index contributed by atoms with van der Waals surface area (Å²) in [6.07, 6.45) is 7.13. The molecule has 0 amide bonds. The molecule has 1 aromatic heterocycles. The van der Waals surface area contributed by atoms with Crippen LogP contribution in [0.2, 0.25) is 0 Å². The molecule has 3 aliphatic heterocycles. The molecule has 4 rings (SSSR count). The summed E-state index contributed by atoms with van der Waals surface area (Å²) in [6.45, 7) is 10.8. The minimum Gasteiger partial charge on any atom is -0.379 e. The van der Waals surface area contributed by atoms with Crippen LogP contribution in [0.15, 0.2) is 12.3 Å². The molecular weight excluding hydrogens is 314 g/mol. The number of likely N-dealkylation sites (tertiary alicyclic amines) is 1. The van der Waals surface area contributed by atoms with Gasteiger partial charge in [0.1, 0.15) is 0 Å². The van der Waals surface area contributed by atoms with Gasteiger partial charge < -0.3 is 9.64 Å². The molecule has 0 aliphatic carbocycles. The molecule has 4 heterocycles. The first-order valence-corrected chi connectivity index (χ1v) is 9.96. The minimum absolute atomic E-state index is 0.784. The van der Waals surface area contributed by atoms with Gasteiger partial charge in [0.05, 0.1) is 18.9 Å². The van der Waals surface area contributed by atoms with Crippen molar-refractivity contribution in [1.82, 2.24) is 19.8 Å². The van der Waals surface area contributed by atoms with Crippen LogP contribution in [0.25, 0.3) is 0 Å². The average molecular weight is 345 g/mol. The van der Waals surface area contributed by atoms with E-state index < -0.39 is 0 Å². The average Bonchev–Trinajstić information content (AvgIpc) is 3.18. The molecule has 3 fully saturated rings. The molecule has 3 aliphatic rings. The number of morpholine rings is 1. The number of rotatable bonds is 5. The molecule has 138 valence electrons. The van der Waals surface area contributed by atoms with Crippen LogP contribution in [0, 0.1) is 5.92 Å². The molecule has 0 N–H and O–H groups in total. The fraction of sp³-hybridized carbons (Fsp3) is 0.789. The lowest BCUT2D eigenvalue weighted by molar-refractivity contribution is 0.0223. The maximum atomic E-state index is 5.47. The van der Waals surface area contributed by atoms with Crippen LogP contribution >= 0.6 is 0 Å². The summed E-state index contributed by atoms with van der Waals surface area (Å²) in [5.41, 5.74) is 1.17. The van der Waals surface area contributed by atoms with E-state index >= 15 is 0 Å². The van der Waals surface area contributed by atoms with E-state index in [9.17, 15) is 0 Å². The first kappa shape index (κ1) is 17.2. The maximum absolute atomic E-state index is 5.47. The van der Waals surface area contributed by atoms with Crippen molar-refractivity contribution in [1.29, 1.82) is 0 Å². The highest BCUT2D eigenvalue weighted by molar-refractivity contribution is 5.31. The Kier molecular flexibility index (Phi) is 5.79. The van der Waals surface area contributed by atoms with Gasteiger partial charge in [-0.2, -0.15) is 0 Å². The number of piperidine rings is 1. The van der Waals surface area contributed by atoms with Gasteiger partial charge in [-0.15, -0.1) is 0 Å². The third-order valence-electron chi connectivity index (χ3n) is 5.70. The van der Waals surface area contributed by atoms with Crippen molar-refractivity contribution in [3.63, 3.8) is 0 Å². The molecule has 1 atom stereocenters. The highest BCUT2D eigenvalue weighted by Gasteiger charge is 2.23. The van der Waals surface area contributed by atoms with Gasteiger partial charge in [0.25, 0.3) is 0 Å². The van der Waals surface area contributed by atoms with Gasteiger partial charge in [0.2, 0.25) is 5.95 Å². The molecule has 1 unspecified atom stereocenters. The van der Waals surface area contributed by atoms with Crippen molar-refractivity contribution in [3.05, 3.63) is 18.0 Å². The van der Waals surface area contributed by atoms with Crippen molar-refractivity contribution in [3.8, 4) is 0 Å². The van der Waals surface area contributed by atoms with Crippen molar-refractivity contribution in [2.75, 3.05) is 63.9 Å². The Morgan fingerprint density at radius 3 is 2.68 bits per heavy atom. The largest absolute Gasteiger partial charge is 0.379 e. The van der Waals surface area contributed by atoms with E-state index in [2.05, 4.69) is 25.8 Å². The summed E-state index contributed by atoms with van der Waals surface area (Å²) in [5.74, 6) is 1.71. The van der Waals surface area contributed by atoms with Crippen molar-refractivity contribution in [2.24, 2.45) is 5.92 Å². The van der Waals surface area contributed by atoms with E-state index in [0.717, 1.165) is 57.8 Å². The Morgan fingerprint density at radius 2 is 1.84 bits per heavy atom. The number of aromatic nitrogens is 2. The number of ether oxygens (including phenoxy) is 1. The van der Waals surface area contributed by atoms with Gasteiger partial charge in [0, 0.05) is 52.0 Å². The Balaban J connectivity index is 1.31. The number of hydrogen-bond donors (Lipinski definition) is 0. The van der Waals surface area contributed by atoms with E-state index in [1.54, 1.807) is 0 Å².